The van der Waals surface area contributed by atoms with Crippen LogP contribution in [0.25, 0.3) is 22.2 Å². The summed E-state index contributed by atoms with van der Waals surface area (Å²) in [6.45, 7) is 4.71. The summed E-state index contributed by atoms with van der Waals surface area (Å²) >= 11 is 13.3. The Morgan fingerprint density at radius 2 is 1.66 bits per heavy atom. The third kappa shape index (κ3) is 5.23. The Hall–Kier alpha value is -3.50. The summed E-state index contributed by atoms with van der Waals surface area (Å²) in [5.41, 5.74) is 3.83. The number of fused-ring (bicyclic) bond motifs is 1. The van der Waals surface area contributed by atoms with Crippen LogP contribution < -0.4 is 20.1 Å². The highest BCUT2D eigenvalue weighted by Crippen LogP contribution is 2.47. The zero-order valence-electron chi connectivity index (χ0n) is 20.9. The maximum absolute atomic E-state index is 13.3. The van der Waals surface area contributed by atoms with Gasteiger partial charge in [-0.1, -0.05) is 29.3 Å². The first kappa shape index (κ1) is 26.1. The molecule has 1 amide bonds. The average molecular weight is 553 g/mol. The lowest BCUT2D eigenvalue weighted by Gasteiger charge is -2.26. The lowest BCUT2D eigenvalue weighted by Crippen LogP contribution is -2.43. The molecule has 11 heteroatoms. The summed E-state index contributed by atoms with van der Waals surface area (Å²) in [4.78, 5) is 29.1. The minimum absolute atomic E-state index is 0.300. The number of amides is 1. The molecule has 1 aliphatic heterocycles. The number of rotatable bonds is 7. The zero-order valence-corrected chi connectivity index (χ0v) is 22.4. The summed E-state index contributed by atoms with van der Waals surface area (Å²) in [5, 5.41) is 6.86. The number of carbonyl (C=O) groups excluding carboxylic acids is 1. The van der Waals surface area contributed by atoms with Gasteiger partial charge in [0.25, 0.3) is 5.91 Å². The van der Waals surface area contributed by atoms with Crippen molar-refractivity contribution in [2.24, 2.45) is 0 Å². The number of piperazine rings is 1. The minimum atomic E-state index is -0.334. The number of methoxy groups -OCH3 is 2. The molecule has 1 saturated heterocycles. The number of halogens is 2. The maximum Gasteiger partial charge on any atom is 0.257 e. The standard InChI is InChI=1S/C27H26Cl2N6O3/c1-37-20-13-21(38-2)24(29)22(23(20)28)18-5-6-19(26-25(18)31-7-8-32-26)27(36)34-16-3-4-17(33-14-16)15-35-11-9-30-10-12-35/h3-8,13-14,30H,9-12,15H2,1-2H3,(H,34,36). The molecule has 0 radical (unpaired) electrons. The molecule has 0 bridgehead atoms. The van der Waals surface area contributed by atoms with Crippen LogP contribution in [0.15, 0.2) is 48.9 Å². The number of carbonyl (C=O) groups is 1. The number of anilines is 1. The van der Waals surface area contributed by atoms with E-state index in [1.54, 1.807) is 30.6 Å². The first-order chi connectivity index (χ1) is 18.5. The number of hydrogen-bond donors (Lipinski definition) is 2. The van der Waals surface area contributed by atoms with Gasteiger partial charge in [0.05, 0.1) is 52.9 Å². The summed E-state index contributed by atoms with van der Waals surface area (Å²) in [7, 11) is 3.02. The van der Waals surface area contributed by atoms with Crippen LogP contribution in [0.2, 0.25) is 10.0 Å². The summed E-state index contributed by atoms with van der Waals surface area (Å²) in [5.74, 6) is 0.462. The Balaban J connectivity index is 1.45. The Kier molecular flexibility index (Phi) is 7.90. The molecule has 38 heavy (non-hydrogen) atoms. The van der Waals surface area contributed by atoms with E-state index in [1.807, 2.05) is 12.1 Å². The van der Waals surface area contributed by atoms with Crippen molar-refractivity contribution in [3.05, 3.63) is 70.2 Å². The van der Waals surface area contributed by atoms with Crippen LogP contribution in [0.1, 0.15) is 16.1 Å². The molecule has 2 aromatic heterocycles. The van der Waals surface area contributed by atoms with Crippen LogP contribution in [-0.4, -0.2) is 66.2 Å². The molecular weight excluding hydrogens is 527 g/mol. The molecule has 4 aromatic rings. The van der Waals surface area contributed by atoms with Gasteiger partial charge in [0.15, 0.2) is 0 Å². The van der Waals surface area contributed by atoms with Gasteiger partial charge in [-0.2, -0.15) is 0 Å². The van der Waals surface area contributed by atoms with E-state index in [0.717, 1.165) is 38.4 Å². The number of aromatic nitrogens is 3. The average Bonchev–Trinajstić information content (AvgIpc) is 2.95. The molecule has 1 fully saturated rings. The molecule has 0 unspecified atom stereocenters. The molecule has 9 nitrogen and oxygen atoms in total. The molecule has 0 spiro atoms. The van der Waals surface area contributed by atoms with E-state index in [1.165, 1.54) is 20.4 Å². The van der Waals surface area contributed by atoms with E-state index in [4.69, 9.17) is 32.7 Å². The highest BCUT2D eigenvalue weighted by Gasteiger charge is 2.23. The molecule has 1 aliphatic rings. The van der Waals surface area contributed by atoms with Crippen LogP contribution in [0, 0.1) is 0 Å². The first-order valence-electron chi connectivity index (χ1n) is 12.0. The summed E-state index contributed by atoms with van der Waals surface area (Å²) < 4.78 is 10.8. The molecule has 0 saturated carbocycles. The second-order valence-electron chi connectivity index (χ2n) is 8.72. The largest absolute Gasteiger partial charge is 0.495 e. The van der Waals surface area contributed by atoms with Gasteiger partial charge in [-0.05, 0) is 18.2 Å². The number of benzene rings is 2. The maximum atomic E-state index is 13.3. The number of nitrogens with one attached hydrogen (secondary N) is 2. The molecule has 3 heterocycles. The third-order valence-electron chi connectivity index (χ3n) is 6.39. The van der Waals surface area contributed by atoms with E-state index in [-0.39, 0.29) is 5.91 Å². The van der Waals surface area contributed by atoms with Crippen LogP contribution in [0.5, 0.6) is 11.5 Å². The molecule has 2 N–H and O–H groups in total. The lowest BCUT2D eigenvalue weighted by atomic mass is 9.99. The van der Waals surface area contributed by atoms with Crippen molar-refractivity contribution < 1.29 is 14.3 Å². The lowest BCUT2D eigenvalue weighted by molar-refractivity contribution is 0.102. The Morgan fingerprint density at radius 1 is 0.974 bits per heavy atom. The van der Waals surface area contributed by atoms with Crippen molar-refractivity contribution in [1.82, 2.24) is 25.2 Å². The van der Waals surface area contributed by atoms with E-state index >= 15 is 0 Å². The van der Waals surface area contributed by atoms with Crippen molar-refractivity contribution in [2.45, 2.75) is 6.54 Å². The molecule has 2 aromatic carbocycles. The van der Waals surface area contributed by atoms with Gasteiger partial charge >= 0.3 is 0 Å². The predicted octanol–water partition coefficient (Wildman–Crippen LogP) is 4.67. The predicted molar refractivity (Wildman–Crippen MR) is 148 cm³/mol. The monoisotopic (exact) mass is 552 g/mol. The first-order valence-corrected chi connectivity index (χ1v) is 12.8. The second kappa shape index (κ2) is 11.5. The van der Waals surface area contributed by atoms with Crippen molar-refractivity contribution in [2.75, 3.05) is 45.7 Å². The number of hydrogen-bond acceptors (Lipinski definition) is 8. The quantitative estimate of drug-likeness (QED) is 0.341. The highest BCUT2D eigenvalue weighted by atomic mass is 35.5. The number of pyridine rings is 1. The highest BCUT2D eigenvalue weighted by molar-refractivity contribution is 6.41. The fourth-order valence-corrected chi connectivity index (χ4v) is 5.16. The zero-order chi connectivity index (χ0) is 26.6. The van der Waals surface area contributed by atoms with Crippen molar-refractivity contribution in [3.63, 3.8) is 0 Å². The van der Waals surface area contributed by atoms with Crippen LogP contribution in [0.4, 0.5) is 5.69 Å². The summed E-state index contributed by atoms with van der Waals surface area (Å²) in [6, 6.07) is 8.82. The number of nitrogens with zero attached hydrogens (tertiary/aromatic N) is 4. The van der Waals surface area contributed by atoms with Crippen molar-refractivity contribution in [1.29, 1.82) is 0 Å². The van der Waals surface area contributed by atoms with Crippen LogP contribution >= 0.6 is 23.2 Å². The Bertz CT molecular complexity index is 1450. The van der Waals surface area contributed by atoms with Gasteiger partial charge in [0.2, 0.25) is 0 Å². The molecular formula is C27H26Cl2N6O3. The molecule has 5 rings (SSSR count). The Labute approximate surface area is 230 Å². The fraction of sp³-hybridized carbons (Fsp3) is 0.259. The van der Waals surface area contributed by atoms with Gasteiger partial charge in [-0.25, -0.2) is 0 Å². The van der Waals surface area contributed by atoms with Gasteiger partial charge in [-0.3, -0.25) is 24.6 Å². The van der Waals surface area contributed by atoms with Crippen molar-refractivity contribution >= 4 is 45.8 Å². The van der Waals surface area contributed by atoms with Crippen molar-refractivity contribution in [3.8, 4) is 22.6 Å². The van der Waals surface area contributed by atoms with Gasteiger partial charge in [0.1, 0.15) is 17.0 Å². The smallest absolute Gasteiger partial charge is 0.257 e. The second-order valence-corrected chi connectivity index (χ2v) is 9.47. The SMILES string of the molecule is COc1cc(OC)c(Cl)c(-c2ccc(C(=O)Nc3ccc(CN4CCNCC4)nc3)c3nccnc23)c1Cl. The third-order valence-corrected chi connectivity index (χ3v) is 7.14. The van der Waals surface area contributed by atoms with Gasteiger partial charge < -0.3 is 20.1 Å². The normalized spacial score (nSPS) is 13.9. The minimum Gasteiger partial charge on any atom is -0.495 e. The van der Waals surface area contributed by atoms with Crippen LogP contribution in [-0.2, 0) is 6.54 Å². The van der Waals surface area contributed by atoms with Gasteiger partial charge in [0, 0.05) is 62.3 Å². The Morgan fingerprint density at radius 3 is 2.29 bits per heavy atom. The number of ether oxygens (including phenoxy) is 2. The van der Waals surface area contributed by atoms with Crippen LogP contribution in [0.3, 0.4) is 0 Å². The molecule has 0 atom stereocenters. The van der Waals surface area contributed by atoms with Gasteiger partial charge in [-0.15, -0.1) is 0 Å². The summed E-state index contributed by atoms with van der Waals surface area (Å²) in [6.07, 6.45) is 4.75. The fourth-order valence-electron chi connectivity index (χ4n) is 4.45. The van der Waals surface area contributed by atoms with E-state index in [2.05, 4.69) is 30.5 Å². The molecule has 196 valence electrons. The van der Waals surface area contributed by atoms with E-state index in [0.29, 0.717) is 55.0 Å². The molecule has 0 aliphatic carbocycles. The van der Waals surface area contributed by atoms with E-state index in [9.17, 15) is 4.79 Å². The van der Waals surface area contributed by atoms with E-state index < -0.39 is 0 Å². The topological polar surface area (TPSA) is 102 Å².